The minimum absolute atomic E-state index is 0.0955. The van der Waals surface area contributed by atoms with Gasteiger partial charge >= 0.3 is 0 Å². The van der Waals surface area contributed by atoms with Gasteiger partial charge < -0.3 is 10.2 Å². The lowest BCUT2D eigenvalue weighted by Gasteiger charge is -2.21. The first-order valence-electron chi connectivity index (χ1n) is 5.89. The molecule has 0 spiro atoms. The van der Waals surface area contributed by atoms with Crippen LogP contribution in [-0.2, 0) is 5.41 Å². The Labute approximate surface area is 108 Å². The monoisotopic (exact) mass is 256 g/mol. The normalized spacial score (nSPS) is 15.6. The van der Waals surface area contributed by atoms with Crippen LogP contribution in [0.25, 0.3) is 0 Å². The molecule has 0 aliphatic heterocycles. The van der Waals surface area contributed by atoms with Crippen molar-refractivity contribution in [2.24, 2.45) is 0 Å². The summed E-state index contributed by atoms with van der Waals surface area (Å²) in [5.41, 5.74) is 2.04. The van der Waals surface area contributed by atoms with Crippen molar-refractivity contribution < 1.29 is 10.2 Å². The molecule has 0 aliphatic carbocycles. The molecule has 17 heavy (non-hydrogen) atoms. The number of rotatable bonds is 4. The van der Waals surface area contributed by atoms with Gasteiger partial charge in [-0.05, 0) is 23.0 Å². The average Bonchev–Trinajstić information content (AvgIpc) is 2.27. The molecule has 0 bridgehead atoms. The van der Waals surface area contributed by atoms with Gasteiger partial charge in [0.25, 0.3) is 0 Å². The Morgan fingerprint density at radius 2 is 1.65 bits per heavy atom. The Morgan fingerprint density at radius 3 is 2.06 bits per heavy atom. The highest BCUT2D eigenvalue weighted by molar-refractivity contribution is 6.17. The molecule has 1 aromatic carbocycles. The highest BCUT2D eigenvalue weighted by Gasteiger charge is 2.19. The topological polar surface area (TPSA) is 40.5 Å². The number of hydrogen-bond donors (Lipinski definition) is 2. The third-order valence-corrected chi connectivity index (χ3v) is 3.11. The van der Waals surface area contributed by atoms with Gasteiger partial charge in [0.05, 0.1) is 6.10 Å². The quantitative estimate of drug-likeness (QED) is 0.813. The maximum absolute atomic E-state index is 9.91. The van der Waals surface area contributed by atoms with Crippen LogP contribution in [0.15, 0.2) is 24.3 Å². The number of benzene rings is 1. The molecule has 3 heteroatoms. The van der Waals surface area contributed by atoms with Crippen LogP contribution in [0.1, 0.15) is 44.4 Å². The lowest BCUT2D eigenvalue weighted by Crippen LogP contribution is -2.19. The average molecular weight is 257 g/mol. The smallest absolute Gasteiger partial charge is 0.105 e. The lowest BCUT2D eigenvalue weighted by molar-refractivity contribution is 0.0170. The van der Waals surface area contributed by atoms with Crippen LogP contribution in [0.2, 0.25) is 0 Å². The Balaban J connectivity index is 2.80. The van der Waals surface area contributed by atoms with Gasteiger partial charge in [0.15, 0.2) is 0 Å². The zero-order valence-electron chi connectivity index (χ0n) is 10.7. The van der Waals surface area contributed by atoms with Crippen LogP contribution in [0.3, 0.4) is 0 Å². The van der Waals surface area contributed by atoms with E-state index in [2.05, 4.69) is 20.8 Å². The molecule has 1 aromatic rings. The van der Waals surface area contributed by atoms with Gasteiger partial charge in [-0.1, -0.05) is 45.0 Å². The fourth-order valence-electron chi connectivity index (χ4n) is 1.67. The summed E-state index contributed by atoms with van der Waals surface area (Å²) in [6, 6.07) is 7.71. The molecule has 2 unspecified atom stereocenters. The fraction of sp³-hybridized carbons (Fsp3) is 0.571. The van der Waals surface area contributed by atoms with Crippen LogP contribution in [0, 0.1) is 0 Å². The largest absolute Gasteiger partial charge is 0.390 e. The van der Waals surface area contributed by atoms with E-state index in [-0.39, 0.29) is 5.41 Å². The highest BCUT2D eigenvalue weighted by atomic mass is 35.5. The SMILES string of the molecule is CC(C)(C)c1ccc(C(O)C(O)CCCl)cc1. The second-order valence-corrected chi connectivity index (χ2v) is 5.74. The van der Waals surface area contributed by atoms with Crippen molar-refractivity contribution in [3.05, 3.63) is 35.4 Å². The highest BCUT2D eigenvalue weighted by Crippen LogP contribution is 2.25. The summed E-state index contributed by atoms with van der Waals surface area (Å²) in [6.45, 7) is 6.42. The summed E-state index contributed by atoms with van der Waals surface area (Å²) < 4.78 is 0. The van der Waals surface area contributed by atoms with Gasteiger partial charge in [-0.3, -0.25) is 0 Å². The molecule has 0 amide bonds. The Bertz CT molecular complexity index is 340. The second-order valence-electron chi connectivity index (χ2n) is 5.36. The predicted molar refractivity (Wildman–Crippen MR) is 71.4 cm³/mol. The summed E-state index contributed by atoms with van der Waals surface area (Å²) in [4.78, 5) is 0. The third kappa shape index (κ3) is 3.98. The maximum Gasteiger partial charge on any atom is 0.105 e. The van der Waals surface area contributed by atoms with E-state index in [4.69, 9.17) is 11.6 Å². The zero-order chi connectivity index (χ0) is 13.1. The van der Waals surface area contributed by atoms with Gasteiger partial charge in [0, 0.05) is 5.88 Å². The first-order chi connectivity index (χ1) is 7.86. The number of hydrogen-bond acceptors (Lipinski definition) is 2. The van der Waals surface area contributed by atoms with Crippen LogP contribution < -0.4 is 0 Å². The molecule has 2 N–H and O–H groups in total. The van der Waals surface area contributed by atoms with E-state index in [1.54, 1.807) is 0 Å². The molecule has 0 aliphatic rings. The number of aliphatic hydroxyl groups excluding tert-OH is 2. The van der Waals surface area contributed by atoms with Gasteiger partial charge in [0.2, 0.25) is 0 Å². The van der Waals surface area contributed by atoms with Crippen molar-refractivity contribution in [2.45, 2.75) is 44.8 Å². The Kier molecular flexibility index (Phi) is 4.99. The van der Waals surface area contributed by atoms with Crippen LogP contribution in [0.5, 0.6) is 0 Å². The predicted octanol–water partition coefficient (Wildman–Crippen LogP) is 3.01. The molecule has 1 rings (SSSR count). The van der Waals surface area contributed by atoms with Gasteiger partial charge in [-0.2, -0.15) is 0 Å². The van der Waals surface area contributed by atoms with Crippen molar-refractivity contribution in [3.8, 4) is 0 Å². The standard InChI is InChI=1S/C14H21ClO2/c1-14(2,3)11-6-4-10(5-7-11)13(17)12(16)8-9-15/h4-7,12-13,16-17H,8-9H2,1-3H3. The molecular weight excluding hydrogens is 236 g/mol. The molecular formula is C14H21ClO2. The first-order valence-corrected chi connectivity index (χ1v) is 6.42. The number of aliphatic hydroxyl groups is 2. The molecule has 0 fully saturated rings. The van der Waals surface area contributed by atoms with Crippen molar-refractivity contribution >= 4 is 11.6 Å². The third-order valence-electron chi connectivity index (χ3n) is 2.89. The summed E-state index contributed by atoms with van der Waals surface area (Å²) in [5, 5.41) is 19.6. The van der Waals surface area contributed by atoms with Gasteiger partial charge in [-0.15, -0.1) is 11.6 Å². The number of halogens is 1. The molecule has 0 radical (unpaired) electrons. The van der Waals surface area contributed by atoms with Gasteiger partial charge in [-0.25, -0.2) is 0 Å². The second kappa shape index (κ2) is 5.85. The lowest BCUT2D eigenvalue weighted by atomic mass is 9.86. The van der Waals surface area contributed by atoms with Crippen LogP contribution in [-0.4, -0.2) is 22.2 Å². The molecule has 0 aromatic heterocycles. The molecule has 0 saturated carbocycles. The summed E-state index contributed by atoms with van der Waals surface area (Å²) >= 11 is 5.54. The number of alkyl halides is 1. The fourth-order valence-corrected chi connectivity index (χ4v) is 1.90. The van der Waals surface area contributed by atoms with E-state index < -0.39 is 12.2 Å². The van der Waals surface area contributed by atoms with Crippen molar-refractivity contribution in [3.63, 3.8) is 0 Å². The minimum Gasteiger partial charge on any atom is -0.390 e. The van der Waals surface area contributed by atoms with Crippen molar-refractivity contribution in [1.29, 1.82) is 0 Å². The van der Waals surface area contributed by atoms with Gasteiger partial charge in [0.1, 0.15) is 6.10 Å². The van der Waals surface area contributed by atoms with E-state index in [1.165, 1.54) is 5.56 Å². The first kappa shape index (κ1) is 14.5. The Morgan fingerprint density at radius 1 is 1.12 bits per heavy atom. The van der Waals surface area contributed by atoms with Crippen molar-refractivity contribution in [2.75, 3.05) is 5.88 Å². The van der Waals surface area contributed by atoms with Crippen LogP contribution in [0.4, 0.5) is 0 Å². The van der Waals surface area contributed by atoms with Crippen LogP contribution >= 0.6 is 11.6 Å². The molecule has 2 nitrogen and oxygen atoms in total. The minimum atomic E-state index is -0.859. The molecule has 0 heterocycles. The van der Waals surface area contributed by atoms with E-state index in [0.717, 1.165) is 5.56 Å². The summed E-state index contributed by atoms with van der Waals surface area (Å²) in [5.74, 6) is 0.346. The Hall–Kier alpha value is -0.570. The van der Waals surface area contributed by atoms with E-state index in [1.807, 2.05) is 24.3 Å². The van der Waals surface area contributed by atoms with E-state index >= 15 is 0 Å². The zero-order valence-corrected chi connectivity index (χ0v) is 11.4. The molecule has 2 atom stereocenters. The molecule has 0 saturated heterocycles. The summed E-state index contributed by atoms with van der Waals surface area (Å²) in [7, 11) is 0. The molecule has 96 valence electrons. The van der Waals surface area contributed by atoms with E-state index in [0.29, 0.717) is 12.3 Å². The van der Waals surface area contributed by atoms with E-state index in [9.17, 15) is 10.2 Å². The van der Waals surface area contributed by atoms with Crippen molar-refractivity contribution in [1.82, 2.24) is 0 Å². The summed E-state index contributed by atoms with van der Waals surface area (Å²) in [6.07, 6.45) is -1.26. The maximum atomic E-state index is 9.91.